The van der Waals surface area contributed by atoms with Gasteiger partial charge >= 0.3 is 0 Å². The summed E-state index contributed by atoms with van der Waals surface area (Å²) in [5, 5.41) is 30.9. The van der Waals surface area contributed by atoms with E-state index in [0.717, 1.165) is 25.0 Å². The molecule has 1 unspecified atom stereocenters. The molecule has 15 nitrogen and oxygen atoms in total. The molecule has 53 heavy (non-hydrogen) atoms. The molecule has 0 aromatic heterocycles. The highest BCUT2D eigenvalue weighted by atomic mass is 32.2. The number of ketones is 3. The van der Waals surface area contributed by atoms with Crippen LogP contribution in [0.4, 0.5) is 0 Å². The molecule has 0 aromatic rings. The van der Waals surface area contributed by atoms with Crippen LogP contribution >= 0.6 is 11.8 Å². The number of imide groups is 1. The Morgan fingerprint density at radius 1 is 0.585 bits per heavy atom. The van der Waals surface area contributed by atoms with Crippen molar-refractivity contribution in [3.63, 3.8) is 0 Å². The van der Waals surface area contributed by atoms with E-state index in [2.05, 4.69) is 0 Å². The lowest BCUT2D eigenvalue weighted by molar-refractivity contribution is -0.166. The number of unbranched alkanes of at least 4 members (excludes halogenated alkanes) is 9. The Labute approximate surface area is 318 Å². The minimum atomic E-state index is -0.522. The van der Waals surface area contributed by atoms with Crippen molar-refractivity contribution in [1.82, 2.24) is 20.1 Å². The van der Waals surface area contributed by atoms with E-state index in [4.69, 9.17) is 0 Å². The first-order valence-electron chi connectivity index (χ1n) is 19.2. The average molecular weight is 771 g/mol. The van der Waals surface area contributed by atoms with Crippen molar-refractivity contribution >= 4 is 58.6 Å². The molecule has 302 valence electrons. The van der Waals surface area contributed by atoms with Gasteiger partial charge in [0, 0.05) is 90.9 Å². The van der Waals surface area contributed by atoms with E-state index in [1.54, 1.807) is 0 Å². The third-order valence-electron chi connectivity index (χ3n) is 9.09. The van der Waals surface area contributed by atoms with Crippen molar-refractivity contribution in [1.29, 1.82) is 0 Å². The topological polar surface area (TPSA) is 210 Å². The highest BCUT2D eigenvalue weighted by Gasteiger charge is 2.38. The monoisotopic (exact) mass is 770 g/mol. The molecule has 1 fully saturated rings. The summed E-state index contributed by atoms with van der Waals surface area (Å²) in [5.41, 5.74) is 0. The Kier molecular flexibility index (Phi) is 25.5. The molecule has 1 heterocycles. The van der Waals surface area contributed by atoms with E-state index in [9.17, 15) is 54.0 Å². The Balaban J connectivity index is 2.01. The molecule has 5 amide bonds. The Morgan fingerprint density at radius 3 is 1.40 bits per heavy atom. The standard InChI is InChI=1S/C37H62N4O11S/c1-3-53-33-28-36(48)38(37(33)49)27-23-32(45)18-12-6-9-15-26-41(52)35(47)22-20-31(44)17-11-5-8-14-25-40(51)34(46)21-19-30(43)16-10-4-7-13-24-39(50)29(2)42/h33,50-52H,3-28H2,1-2H3. The molecule has 1 saturated heterocycles. The maximum Gasteiger partial charge on any atom is 0.246 e. The van der Waals surface area contributed by atoms with Crippen LogP contribution < -0.4 is 0 Å². The quantitative estimate of drug-likeness (QED) is 0.0355. The minimum Gasteiger partial charge on any atom is -0.300 e. The summed E-state index contributed by atoms with van der Waals surface area (Å²) < 4.78 is 0. The number of carbonyl (C=O) groups is 8. The number of nitrogens with zero attached hydrogens (tertiary/aromatic N) is 4. The lowest BCUT2D eigenvalue weighted by Crippen LogP contribution is -2.33. The van der Waals surface area contributed by atoms with Crippen LogP contribution in [0.25, 0.3) is 0 Å². The number of carbonyl (C=O) groups excluding carboxylic acids is 8. The maximum absolute atomic E-state index is 12.3. The largest absolute Gasteiger partial charge is 0.300 e. The van der Waals surface area contributed by atoms with Crippen molar-refractivity contribution in [2.75, 3.05) is 31.9 Å². The molecule has 1 rings (SSSR count). The molecule has 0 radical (unpaired) electrons. The highest BCUT2D eigenvalue weighted by molar-refractivity contribution is 8.00. The second kappa shape index (κ2) is 28.3. The zero-order valence-electron chi connectivity index (χ0n) is 31.8. The number of hydrogen-bond acceptors (Lipinski definition) is 12. The van der Waals surface area contributed by atoms with Crippen LogP contribution in [0.5, 0.6) is 0 Å². The van der Waals surface area contributed by atoms with E-state index in [1.807, 2.05) is 6.92 Å². The Morgan fingerprint density at radius 2 is 0.981 bits per heavy atom. The Hall–Kier alpha value is -3.21. The first-order chi connectivity index (χ1) is 25.3. The summed E-state index contributed by atoms with van der Waals surface area (Å²) in [6.45, 7) is 3.86. The van der Waals surface area contributed by atoms with Gasteiger partial charge in [-0.3, -0.25) is 58.9 Å². The van der Waals surface area contributed by atoms with Crippen molar-refractivity contribution < 1.29 is 54.0 Å². The zero-order valence-corrected chi connectivity index (χ0v) is 32.6. The molecule has 0 aromatic carbocycles. The van der Waals surface area contributed by atoms with Gasteiger partial charge in [-0.15, -0.1) is 11.8 Å². The smallest absolute Gasteiger partial charge is 0.246 e. The molecule has 16 heteroatoms. The van der Waals surface area contributed by atoms with Gasteiger partial charge in [0.05, 0.1) is 5.25 Å². The zero-order chi connectivity index (χ0) is 39.6. The molecular formula is C37H62N4O11S. The fourth-order valence-electron chi connectivity index (χ4n) is 5.80. The van der Waals surface area contributed by atoms with Gasteiger partial charge in [-0.05, 0) is 44.3 Å². The van der Waals surface area contributed by atoms with E-state index < -0.39 is 17.7 Å². The first kappa shape index (κ1) is 47.8. The highest BCUT2D eigenvalue weighted by Crippen LogP contribution is 2.25. The van der Waals surface area contributed by atoms with Crippen LogP contribution in [0.15, 0.2) is 0 Å². The van der Waals surface area contributed by atoms with Crippen LogP contribution in [0.1, 0.15) is 149 Å². The summed E-state index contributed by atoms with van der Waals surface area (Å²) in [4.78, 5) is 97.3. The molecular weight excluding hydrogens is 708 g/mol. The molecule has 0 spiro atoms. The fraction of sp³-hybridized carbons (Fsp3) is 0.784. The first-order valence-corrected chi connectivity index (χ1v) is 20.3. The van der Waals surface area contributed by atoms with Crippen LogP contribution in [0.3, 0.4) is 0 Å². The van der Waals surface area contributed by atoms with Crippen LogP contribution in [0, 0.1) is 0 Å². The van der Waals surface area contributed by atoms with Gasteiger partial charge in [0.2, 0.25) is 29.5 Å². The predicted molar refractivity (Wildman–Crippen MR) is 197 cm³/mol. The van der Waals surface area contributed by atoms with Gasteiger partial charge in [0.25, 0.3) is 0 Å². The number of rotatable bonds is 32. The number of Topliss-reactive ketones (excluding diaryl/α,β-unsaturated/α-hetero) is 3. The summed E-state index contributed by atoms with van der Waals surface area (Å²) in [5.74, 6) is -1.27. The lowest BCUT2D eigenvalue weighted by atomic mass is 10.1. The van der Waals surface area contributed by atoms with E-state index >= 15 is 0 Å². The molecule has 1 atom stereocenters. The number of amides is 5. The SMILES string of the molecule is CCSC1CC(=O)N(CCC(=O)CCCCCCN(O)C(=O)CCC(=O)CCCCCCN(O)C(=O)CCC(=O)CCCCCCN(O)C(C)=O)C1=O. The second-order valence-electron chi connectivity index (χ2n) is 13.6. The number of thioether (sulfide) groups is 1. The van der Waals surface area contributed by atoms with E-state index in [0.29, 0.717) is 92.2 Å². The van der Waals surface area contributed by atoms with Crippen molar-refractivity contribution in [3.05, 3.63) is 0 Å². The summed E-state index contributed by atoms with van der Waals surface area (Å²) in [6.07, 6.45) is 9.27. The summed E-state index contributed by atoms with van der Waals surface area (Å²) in [6, 6.07) is 0. The van der Waals surface area contributed by atoms with E-state index in [-0.39, 0.29) is 99.1 Å². The van der Waals surface area contributed by atoms with Gasteiger partial charge in [-0.2, -0.15) is 0 Å². The van der Waals surface area contributed by atoms with Crippen LogP contribution in [-0.4, -0.2) is 120 Å². The molecule has 1 aliphatic heterocycles. The molecule has 0 saturated carbocycles. The number of hydroxylamine groups is 6. The van der Waals surface area contributed by atoms with Crippen molar-refractivity contribution in [3.8, 4) is 0 Å². The van der Waals surface area contributed by atoms with Crippen molar-refractivity contribution in [2.45, 2.75) is 154 Å². The van der Waals surface area contributed by atoms with Crippen molar-refractivity contribution in [2.24, 2.45) is 0 Å². The van der Waals surface area contributed by atoms with Gasteiger partial charge in [-0.25, -0.2) is 15.2 Å². The molecule has 0 aliphatic carbocycles. The minimum absolute atomic E-state index is 0.00693. The third kappa shape index (κ3) is 21.9. The van der Waals surface area contributed by atoms with Gasteiger partial charge in [0.15, 0.2) is 0 Å². The Bertz CT molecular complexity index is 1200. The van der Waals surface area contributed by atoms with Gasteiger partial charge in [0.1, 0.15) is 17.3 Å². The molecule has 0 bridgehead atoms. The predicted octanol–water partition coefficient (Wildman–Crippen LogP) is 5.05. The maximum atomic E-state index is 12.3. The molecule has 1 aliphatic rings. The van der Waals surface area contributed by atoms with Gasteiger partial charge in [-0.1, -0.05) is 45.4 Å². The number of hydrogen-bond donors (Lipinski definition) is 3. The van der Waals surface area contributed by atoms with E-state index in [1.165, 1.54) is 23.6 Å². The average Bonchev–Trinajstić information content (AvgIpc) is 3.39. The lowest BCUT2D eigenvalue weighted by Gasteiger charge is -2.15. The van der Waals surface area contributed by atoms with Gasteiger partial charge < -0.3 is 0 Å². The van der Waals surface area contributed by atoms with Crippen LogP contribution in [0.2, 0.25) is 0 Å². The number of likely N-dealkylation sites (tertiary alicyclic amines) is 1. The normalized spacial score (nSPS) is 14.1. The fourth-order valence-corrected chi connectivity index (χ4v) is 6.73. The summed E-state index contributed by atoms with van der Waals surface area (Å²) in [7, 11) is 0. The second-order valence-corrected chi connectivity index (χ2v) is 15.0. The molecule has 3 N–H and O–H groups in total. The summed E-state index contributed by atoms with van der Waals surface area (Å²) >= 11 is 1.45. The van der Waals surface area contributed by atoms with Crippen LogP contribution in [-0.2, 0) is 38.4 Å². The third-order valence-corrected chi connectivity index (χ3v) is 10.2.